The highest BCUT2D eigenvalue weighted by Crippen LogP contribution is 2.13. The highest BCUT2D eigenvalue weighted by molar-refractivity contribution is 7.98. The van der Waals surface area contributed by atoms with E-state index in [4.69, 9.17) is 11.5 Å². The Morgan fingerprint density at radius 1 is 0.816 bits per heavy atom. The van der Waals surface area contributed by atoms with Crippen molar-refractivity contribution in [3.05, 3.63) is 29.8 Å². The smallest absolute Gasteiger partial charge is 0.326 e. The van der Waals surface area contributed by atoms with Gasteiger partial charge in [0.15, 0.2) is 0 Å². The van der Waals surface area contributed by atoms with Crippen molar-refractivity contribution in [2.24, 2.45) is 11.5 Å². The van der Waals surface area contributed by atoms with Crippen LogP contribution in [0.4, 0.5) is 0 Å². The molecule has 0 spiro atoms. The second kappa shape index (κ2) is 18.7. The maximum atomic E-state index is 13.3. The fourth-order valence-electron chi connectivity index (χ4n) is 3.53. The lowest BCUT2D eigenvalue weighted by Crippen LogP contribution is -2.57. The van der Waals surface area contributed by atoms with Gasteiger partial charge >= 0.3 is 5.97 Å². The van der Waals surface area contributed by atoms with Crippen molar-refractivity contribution in [3.63, 3.8) is 0 Å². The van der Waals surface area contributed by atoms with Gasteiger partial charge in [-0.3, -0.25) is 14.4 Å². The first kappa shape index (κ1) is 33.5. The summed E-state index contributed by atoms with van der Waals surface area (Å²) in [6.45, 7) is 0.425. The Labute approximate surface area is 232 Å². The van der Waals surface area contributed by atoms with E-state index in [2.05, 4.69) is 16.0 Å². The average Bonchev–Trinajstić information content (AvgIpc) is 2.89. The number of phenols is 1. The Balaban J connectivity index is 3.11. The number of aliphatic carboxylic acids is 1. The number of benzene rings is 1. The van der Waals surface area contributed by atoms with E-state index in [9.17, 15) is 29.4 Å². The summed E-state index contributed by atoms with van der Waals surface area (Å²) in [5.74, 6) is -1.62. The molecule has 1 aromatic carbocycles. The van der Waals surface area contributed by atoms with E-state index in [1.807, 2.05) is 12.5 Å². The number of carbonyl (C=O) groups is 4. The molecular weight excluding hydrogens is 530 g/mol. The lowest BCUT2D eigenvalue weighted by Gasteiger charge is -2.25. The number of rotatable bonds is 19. The molecule has 1 aromatic rings. The molecule has 1 rings (SSSR count). The van der Waals surface area contributed by atoms with Gasteiger partial charge in [-0.05, 0) is 80.4 Å². The summed E-state index contributed by atoms with van der Waals surface area (Å²) in [6.07, 6.45) is 5.96. The highest BCUT2D eigenvalue weighted by atomic mass is 32.2. The van der Waals surface area contributed by atoms with Crippen molar-refractivity contribution < 1.29 is 29.4 Å². The number of hydrogen-bond acceptors (Lipinski definition) is 9. The fourth-order valence-corrected chi connectivity index (χ4v) is 4.49. The summed E-state index contributed by atoms with van der Waals surface area (Å²) >= 11 is 3.01. The minimum absolute atomic E-state index is 0.0438. The lowest BCUT2D eigenvalue weighted by atomic mass is 10.0. The van der Waals surface area contributed by atoms with Gasteiger partial charge in [-0.25, -0.2) is 4.79 Å². The van der Waals surface area contributed by atoms with Crippen LogP contribution in [0.15, 0.2) is 24.3 Å². The number of hydrogen-bond donors (Lipinski definition) is 7. The maximum Gasteiger partial charge on any atom is 0.326 e. The van der Waals surface area contributed by atoms with Crippen LogP contribution in [0.25, 0.3) is 0 Å². The number of thioether (sulfide) groups is 2. The Morgan fingerprint density at radius 3 is 1.95 bits per heavy atom. The summed E-state index contributed by atoms with van der Waals surface area (Å²) in [7, 11) is 0. The molecule has 0 heterocycles. The van der Waals surface area contributed by atoms with Crippen LogP contribution in [0, 0.1) is 0 Å². The Kier molecular flexibility index (Phi) is 16.5. The second-order valence-corrected chi connectivity index (χ2v) is 10.8. The van der Waals surface area contributed by atoms with Gasteiger partial charge < -0.3 is 37.6 Å². The van der Waals surface area contributed by atoms with Crippen LogP contribution >= 0.6 is 23.5 Å². The van der Waals surface area contributed by atoms with Crippen LogP contribution in [0.2, 0.25) is 0 Å². The molecule has 0 aliphatic rings. The van der Waals surface area contributed by atoms with E-state index in [0.717, 1.165) is 0 Å². The molecule has 214 valence electrons. The van der Waals surface area contributed by atoms with Crippen molar-refractivity contribution in [3.8, 4) is 5.75 Å². The van der Waals surface area contributed by atoms with Crippen LogP contribution in [-0.2, 0) is 25.6 Å². The first-order chi connectivity index (χ1) is 18.1. The van der Waals surface area contributed by atoms with Crippen LogP contribution in [-0.4, -0.2) is 88.6 Å². The van der Waals surface area contributed by atoms with E-state index in [-0.39, 0.29) is 18.6 Å². The molecular formula is C25H41N5O6S2. The van der Waals surface area contributed by atoms with Crippen molar-refractivity contribution >= 4 is 47.2 Å². The molecule has 3 amide bonds. The van der Waals surface area contributed by atoms with E-state index >= 15 is 0 Å². The Bertz CT molecular complexity index is 889. The summed E-state index contributed by atoms with van der Waals surface area (Å²) in [5.41, 5.74) is 12.2. The summed E-state index contributed by atoms with van der Waals surface area (Å²) < 4.78 is 0. The van der Waals surface area contributed by atoms with Gasteiger partial charge in [-0.1, -0.05) is 12.1 Å². The van der Waals surface area contributed by atoms with Crippen LogP contribution in [0.3, 0.4) is 0 Å². The molecule has 0 aromatic heterocycles. The highest BCUT2D eigenvalue weighted by Gasteiger charge is 2.30. The molecule has 0 fully saturated rings. The molecule has 0 saturated heterocycles. The van der Waals surface area contributed by atoms with Crippen LogP contribution < -0.4 is 27.4 Å². The van der Waals surface area contributed by atoms with Crippen LogP contribution in [0.1, 0.15) is 37.7 Å². The maximum absolute atomic E-state index is 13.3. The van der Waals surface area contributed by atoms with Gasteiger partial charge in [0, 0.05) is 6.42 Å². The normalized spacial score (nSPS) is 14.1. The minimum Gasteiger partial charge on any atom is -0.508 e. The number of carbonyl (C=O) groups excluding carboxylic acids is 3. The summed E-state index contributed by atoms with van der Waals surface area (Å²) in [6, 6.07) is 2.15. The predicted molar refractivity (Wildman–Crippen MR) is 152 cm³/mol. The van der Waals surface area contributed by atoms with Crippen molar-refractivity contribution in [2.45, 2.75) is 62.7 Å². The third-order valence-electron chi connectivity index (χ3n) is 5.78. The lowest BCUT2D eigenvalue weighted by molar-refractivity contribution is -0.142. The van der Waals surface area contributed by atoms with Crippen molar-refractivity contribution in [1.82, 2.24) is 16.0 Å². The van der Waals surface area contributed by atoms with Gasteiger partial charge in [0.05, 0.1) is 6.04 Å². The summed E-state index contributed by atoms with van der Waals surface area (Å²) in [5, 5.41) is 27.0. The number of amides is 3. The topological polar surface area (TPSA) is 197 Å². The first-order valence-electron chi connectivity index (χ1n) is 12.5. The molecule has 11 nitrogen and oxygen atoms in total. The molecule has 0 aliphatic carbocycles. The third-order valence-corrected chi connectivity index (χ3v) is 7.07. The number of nitrogens with two attached hydrogens (primary N) is 2. The number of aromatic hydroxyl groups is 1. The number of unbranched alkanes of at least 4 members (excludes halogenated alkanes) is 1. The van der Waals surface area contributed by atoms with E-state index < -0.39 is 47.9 Å². The molecule has 0 bridgehead atoms. The van der Waals surface area contributed by atoms with Crippen LogP contribution in [0.5, 0.6) is 5.75 Å². The largest absolute Gasteiger partial charge is 0.508 e. The third kappa shape index (κ3) is 12.9. The van der Waals surface area contributed by atoms with E-state index in [1.165, 1.54) is 23.9 Å². The number of nitrogens with one attached hydrogen (secondary N) is 3. The Hall–Kier alpha value is -2.48. The SMILES string of the molecule is CSCCC(N)C(=O)NC(CCCCN)C(=O)NC(Cc1ccc(O)cc1)C(=O)NC(CCSC)C(=O)O. The zero-order valence-electron chi connectivity index (χ0n) is 22.0. The number of carboxylic acids is 1. The second-order valence-electron chi connectivity index (χ2n) is 8.85. The average molecular weight is 572 g/mol. The fraction of sp³-hybridized carbons (Fsp3) is 0.600. The standard InChI is InChI=1S/C25H41N5O6S2/c1-37-13-10-18(27)22(32)28-19(5-3-4-12-26)23(33)30-21(15-16-6-8-17(31)9-7-16)24(34)29-20(25(35)36)11-14-38-2/h6-9,18-21,31H,3-5,10-15,26-27H2,1-2H3,(H,28,32)(H,29,34)(H,30,33)(H,35,36). The molecule has 0 aliphatic heterocycles. The molecule has 0 radical (unpaired) electrons. The summed E-state index contributed by atoms with van der Waals surface area (Å²) in [4.78, 5) is 50.8. The zero-order chi connectivity index (χ0) is 28.5. The van der Waals surface area contributed by atoms with E-state index in [0.29, 0.717) is 49.3 Å². The molecule has 13 heteroatoms. The van der Waals surface area contributed by atoms with Gasteiger partial charge in [-0.15, -0.1) is 0 Å². The first-order valence-corrected chi connectivity index (χ1v) is 15.3. The molecule has 4 atom stereocenters. The molecule has 38 heavy (non-hydrogen) atoms. The van der Waals surface area contributed by atoms with Gasteiger partial charge in [0.25, 0.3) is 0 Å². The Morgan fingerprint density at radius 2 is 1.37 bits per heavy atom. The van der Waals surface area contributed by atoms with E-state index in [1.54, 1.807) is 23.9 Å². The predicted octanol–water partition coefficient (Wildman–Crippen LogP) is 0.436. The number of carboxylic acid groups (broad SMARTS) is 1. The van der Waals surface area contributed by atoms with Crippen molar-refractivity contribution in [1.29, 1.82) is 0 Å². The van der Waals surface area contributed by atoms with Gasteiger partial charge in [0.2, 0.25) is 17.7 Å². The molecule has 4 unspecified atom stereocenters. The number of phenolic OH excluding ortho intramolecular Hbond substituents is 1. The monoisotopic (exact) mass is 571 g/mol. The zero-order valence-corrected chi connectivity index (χ0v) is 23.6. The minimum atomic E-state index is -1.17. The quantitative estimate of drug-likeness (QED) is 0.114. The van der Waals surface area contributed by atoms with Crippen molar-refractivity contribution in [2.75, 3.05) is 30.6 Å². The molecule has 9 N–H and O–H groups in total. The van der Waals surface area contributed by atoms with Gasteiger partial charge in [-0.2, -0.15) is 23.5 Å². The molecule has 0 saturated carbocycles. The van der Waals surface area contributed by atoms with Gasteiger partial charge in [0.1, 0.15) is 23.9 Å².